The van der Waals surface area contributed by atoms with Crippen LogP contribution in [0.2, 0.25) is 0 Å². The van der Waals surface area contributed by atoms with Gasteiger partial charge in [-0.2, -0.15) is 4.39 Å². The van der Waals surface area contributed by atoms with Gasteiger partial charge >= 0.3 is 12.2 Å². The molecule has 18 heavy (non-hydrogen) atoms. The van der Waals surface area contributed by atoms with Crippen molar-refractivity contribution in [1.82, 2.24) is 4.98 Å². The molecule has 0 N–H and O–H groups in total. The van der Waals surface area contributed by atoms with E-state index in [0.29, 0.717) is 0 Å². The van der Waals surface area contributed by atoms with Crippen molar-refractivity contribution in [3.8, 4) is 5.75 Å². The number of hydrogen-bond donors (Lipinski definition) is 0. The van der Waals surface area contributed by atoms with Gasteiger partial charge in [0.15, 0.2) is 11.9 Å². The Bertz CT molecular complexity index is 475. The van der Waals surface area contributed by atoms with Crippen LogP contribution >= 0.6 is 0 Å². The molecule has 0 saturated carbocycles. The van der Waals surface area contributed by atoms with Crippen molar-refractivity contribution in [2.45, 2.75) is 12.8 Å². The van der Waals surface area contributed by atoms with E-state index in [1.54, 1.807) is 0 Å². The molecule has 0 radical (unpaired) electrons. The second kappa shape index (κ2) is 4.66. The highest BCUT2D eigenvalue weighted by atomic mass is 19.4. The van der Waals surface area contributed by atoms with Gasteiger partial charge in [0.25, 0.3) is 12.2 Å². The molecule has 0 aliphatic heterocycles. The topological polar surface area (TPSA) is 65.3 Å². The van der Waals surface area contributed by atoms with Crippen molar-refractivity contribution in [1.29, 1.82) is 0 Å². The third-order valence-electron chi connectivity index (χ3n) is 1.61. The summed E-state index contributed by atoms with van der Waals surface area (Å²) < 4.78 is 76.4. The van der Waals surface area contributed by atoms with Gasteiger partial charge in [0, 0.05) is 0 Å². The van der Waals surface area contributed by atoms with Crippen LogP contribution in [0.4, 0.5) is 32.2 Å². The molecule has 5 nitrogen and oxygen atoms in total. The highest BCUT2D eigenvalue weighted by molar-refractivity contribution is 5.41. The Morgan fingerprint density at radius 2 is 1.94 bits per heavy atom. The van der Waals surface area contributed by atoms with Crippen molar-refractivity contribution in [3.05, 3.63) is 27.7 Å². The van der Waals surface area contributed by atoms with Gasteiger partial charge < -0.3 is 14.9 Å². The van der Waals surface area contributed by atoms with Crippen LogP contribution in [0.3, 0.4) is 0 Å². The predicted molar refractivity (Wildman–Crippen MR) is 42.5 cm³/mol. The van der Waals surface area contributed by atoms with Crippen molar-refractivity contribution >= 4 is 5.82 Å². The molecule has 1 rings (SSSR count). The predicted octanol–water partition coefficient (Wildman–Crippen LogP) is 2.97. The molecule has 0 saturated heterocycles. The maximum absolute atomic E-state index is 13.2. The summed E-state index contributed by atoms with van der Waals surface area (Å²) in [4.78, 5) is 11.4. The van der Waals surface area contributed by atoms with Gasteiger partial charge in [-0.15, -0.1) is 13.2 Å². The summed E-state index contributed by atoms with van der Waals surface area (Å²) in [5, 5.41) is 10.2. The number of ether oxygens (including phenoxy) is 1. The van der Waals surface area contributed by atoms with Gasteiger partial charge in [0.1, 0.15) is 5.56 Å². The third-order valence-corrected chi connectivity index (χ3v) is 1.61. The first-order chi connectivity index (χ1) is 8.13. The highest BCUT2D eigenvalue weighted by Gasteiger charge is 2.38. The Kier molecular flexibility index (Phi) is 3.62. The zero-order valence-corrected chi connectivity index (χ0v) is 8.04. The molecule has 0 aliphatic carbocycles. The van der Waals surface area contributed by atoms with Crippen LogP contribution in [-0.2, 0) is 0 Å². The van der Waals surface area contributed by atoms with E-state index in [1.807, 2.05) is 0 Å². The summed E-state index contributed by atoms with van der Waals surface area (Å²) in [6.45, 7) is 0. The summed E-state index contributed by atoms with van der Waals surface area (Å²) in [5.74, 6) is -5.81. The molecule has 11 heteroatoms. The molecular weight excluding hydrogens is 274 g/mol. The van der Waals surface area contributed by atoms with Crippen LogP contribution < -0.4 is 4.74 Å². The number of aromatic nitrogens is 1. The molecule has 0 fully saturated rings. The fourth-order valence-electron chi connectivity index (χ4n) is 0.976. The second-order valence-corrected chi connectivity index (χ2v) is 2.79. The Morgan fingerprint density at radius 3 is 2.33 bits per heavy atom. The molecule has 0 atom stereocenters. The van der Waals surface area contributed by atoms with Gasteiger partial charge in [-0.1, -0.05) is 0 Å². The number of pyridine rings is 1. The Hall–Kier alpha value is -2.07. The SMILES string of the molecule is O=[N+]([O-])c1ncc(C(F)F)c(OC(F)(F)F)c1F. The molecule has 0 spiro atoms. The van der Waals surface area contributed by atoms with Crippen LogP contribution in [0, 0.1) is 15.9 Å². The zero-order valence-electron chi connectivity index (χ0n) is 8.04. The van der Waals surface area contributed by atoms with Crippen LogP contribution in [0.25, 0.3) is 0 Å². The van der Waals surface area contributed by atoms with E-state index in [-0.39, 0.29) is 6.20 Å². The van der Waals surface area contributed by atoms with E-state index in [0.717, 1.165) is 0 Å². The minimum Gasteiger partial charge on any atom is -0.402 e. The first kappa shape index (κ1) is 14.0. The third kappa shape index (κ3) is 2.99. The average Bonchev–Trinajstić information content (AvgIpc) is 2.17. The first-order valence-electron chi connectivity index (χ1n) is 4.00. The van der Waals surface area contributed by atoms with Gasteiger partial charge in [0.2, 0.25) is 0 Å². The van der Waals surface area contributed by atoms with Crippen molar-refractivity contribution in [3.63, 3.8) is 0 Å². The largest absolute Gasteiger partial charge is 0.573 e. The number of nitrogens with zero attached hydrogens (tertiary/aromatic N) is 2. The van der Waals surface area contributed by atoms with Gasteiger partial charge in [-0.3, -0.25) is 0 Å². The Balaban J connectivity index is 3.41. The van der Waals surface area contributed by atoms with E-state index in [9.17, 15) is 36.5 Å². The fourth-order valence-corrected chi connectivity index (χ4v) is 0.976. The molecule has 1 heterocycles. The van der Waals surface area contributed by atoms with Crippen LogP contribution in [0.1, 0.15) is 12.0 Å². The van der Waals surface area contributed by atoms with Crippen molar-refractivity contribution in [2.75, 3.05) is 0 Å². The lowest BCUT2D eigenvalue weighted by Crippen LogP contribution is -2.20. The molecule has 0 amide bonds. The second-order valence-electron chi connectivity index (χ2n) is 2.79. The number of rotatable bonds is 3. The maximum atomic E-state index is 13.2. The molecule has 1 aromatic heterocycles. The summed E-state index contributed by atoms with van der Waals surface area (Å²) in [6.07, 6.45) is -8.96. The van der Waals surface area contributed by atoms with E-state index in [2.05, 4.69) is 9.72 Å². The van der Waals surface area contributed by atoms with Gasteiger partial charge in [-0.25, -0.2) is 8.78 Å². The molecule has 1 aromatic rings. The number of hydrogen-bond acceptors (Lipinski definition) is 4. The van der Waals surface area contributed by atoms with E-state index in [4.69, 9.17) is 0 Å². The van der Waals surface area contributed by atoms with E-state index >= 15 is 0 Å². The van der Waals surface area contributed by atoms with E-state index < -0.39 is 40.7 Å². The summed E-state index contributed by atoms with van der Waals surface area (Å²) in [5.41, 5.74) is -1.53. The zero-order chi connectivity index (χ0) is 14.1. The lowest BCUT2D eigenvalue weighted by molar-refractivity contribution is -0.392. The average molecular weight is 276 g/mol. The maximum Gasteiger partial charge on any atom is 0.573 e. The van der Waals surface area contributed by atoms with Crippen LogP contribution in [-0.4, -0.2) is 16.3 Å². The number of alkyl halides is 5. The monoisotopic (exact) mass is 276 g/mol. The van der Waals surface area contributed by atoms with Gasteiger partial charge in [0.05, 0.1) is 0 Å². The summed E-state index contributed by atoms with van der Waals surface area (Å²) in [6, 6.07) is 0. The Morgan fingerprint density at radius 1 is 1.39 bits per heavy atom. The molecular formula is C7H2F6N2O3. The number of nitro groups is 1. The fraction of sp³-hybridized carbons (Fsp3) is 0.286. The molecule has 0 aliphatic rings. The van der Waals surface area contributed by atoms with Crippen LogP contribution in [0.15, 0.2) is 6.20 Å². The van der Waals surface area contributed by atoms with E-state index in [1.165, 1.54) is 0 Å². The lowest BCUT2D eigenvalue weighted by Gasteiger charge is -2.12. The molecule has 100 valence electrons. The van der Waals surface area contributed by atoms with Crippen molar-refractivity contribution in [2.24, 2.45) is 0 Å². The summed E-state index contributed by atoms with van der Waals surface area (Å²) >= 11 is 0. The minimum absolute atomic E-state index is 0.0486. The molecule has 0 aromatic carbocycles. The lowest BCUT2D eigenvalue weighted by atomic mass is 10.2. The summed E-state index contributed by atoms with van der Waals surface area (Å²) in [7, 11) is 0. The minimum atomic E-state index is -5.47. The van der Waals surface area contributed by atoms with Crippen molar-refractivity contribution < 1.29 is 36.0 Å². The van der Waals surface area contributed by atoms with Gasteiger partial charge in [-0.05, 0) is 9.91 Å². The van der Waals surface area contributed by atoms with Crippen LogP contribution in [0.5, 0.6) is 5.75 Å². The highest BCUT2D eigenvalue weighted by Crippen LogP contribution is 2.37. The number of halogens is 6. The standard InChI is InChI=1S/C7H2F6N2O3/c8-3-4(18-7(11,12)13)2(5(9)10)1-14-6(3)15(16)17/h1,5H. The first-order valence-corrected chi connectivity index (χ1v) is 4.00. The smallest absolute Gasteiger partial charge is 0.402 e. The molecule has 0 bridgehead atoms. The Labute approximate surface area is 94.1 Å². The quantitative estimate of drug-likeness (QED) is 0.483. The normalized spacial score (nSPS) is 11.7. The molecule has 0 unspecified atom stereocenters.